The molecule has 0 radical (unpaired) electrons. The fourth-order valence-electron chi connectivity index (χ4n) is 3.85. The summed E-state index contributed by atoms with van der Waals surface area (Å²) in [5.74, 6) is 0.729. The van der Waals surface area contributed by atoms with Crippen molar-refractivity contribution in [2.45, 2.75) is 26.2 Å². The van der Waals surface area contributed by atoms with Gasteiger partial charge in [-0.1, -0.05) is 17.4 Å². The molecule has 1 aromatic heterocycles. The maximum atomic E-state index is 12.8. The molecule has 10 heteroatoms. The smallest absolute Gasteiger partial charge is 0.257 e. The molecule has 178 valence electrons. The van der Waals surface area contributed by atoms with Gasteiger partial charge in [-0.3, -0.25) is 14.9 Å². The third-order valence-electron chi connectivity index (χ3n) is 5.86. The van der Waals surface area contributed by atoms with Crippen molar-refractivity contribution in [2.24, 2.45) is 0 Å². The van der Waals surface area contributed by atoms with Crippen LogP contribution in [-0.4, -0.2) is 49.9 Å². The van der Waals surface area contributed by atoms with Crippen LogP contribution in [-0.2, 0) is 4.79 Å². The predicted octanol–water partition coefficient (Wildman–Crippen LogP) is 3.95. The third kappa shape index (κ3) is 4.54. The molecule has 4 rings (SSSR count). The number of methoxy groups -OCH3 is 3. The lowest BCUT2D eigenvalue weighted by atomic mass is 10.1. The minimum atomic E-state index is -0.388. The van der Waals surface area contributed by atoms with E-state index in [9.17, 15) is 9.59 Å². The highest BCUT2D eigenvalue weighted by Gasteiger charge is 2.34. The van der Waals surface area contributed by atoms with Crippen molar-refractivity contribution in [3.05, 3.63) is 52.0 Å². The van der Waals surface area contributed by atoms with E-state index in [1.54, 1.807) is 17.0 Å². The minimum absolute atomic E-state index is 0.0476. The van der Waals surface area contributed by atoms with Gasteiger partial charge in [-0.15, -0.1) is 10.2 Å². The number of nitrogens with zero attached hydrogens (tertiary/aromatic N) is 3. The van der Waals surface area contributed by atoms with Crippen LogP contribution >= 0.6 is 11.3 Å². The fraction of sp³-hybridized carbons (Fsp3) is 0.333. The number of carbonyl (C=O) groups excluding carboxylic acids is 2. The summed E-state index contributed by atoms with van der Waals surface area (Å²) in [6.45, 7) is 4.60. The van der Waals surface area contributed by atoms with Gasteiger partial charge in [0.1, 0.15) is 5.01 Å². The van der Waals surface area contributed by atoms with E-state index < -0.39 is 0 Å². The fourth-order valence-corrected chi connectivity index (χ4v) is 4.68. The summed E-state index contributed by atoms with van der Waals surface area (Å²) >= 11 is 1.27. The average molecular weight is 483 g/mol. The van der Waals surface area contributed by atoms with Crippen molar-refractivity contribution in [1.29, 1.82) is 0 Å². The van der Waals surface area contributed by atoms with Gasteiger partial charge < -0.3 is 19.1 Å². The van der Waals surface area contributed by atoms with E-state index in [0.717, 1.165) is 11.3 Å². The first-order chi connectivity index (χ1) is 16.3. The van der Waals surface area contributed by atoms with Crippen LogP contribution in [0.25, 0.3) is 0 Å². The van der Waals surface area contributed by atoms with Gasteiger partial charge in [0.2, 0.25) is 16.8 Å². The molecule has 2 heterocycles. The number of aromatic nitrogens is 2. The zero-order valence-electron chi connectivity index (χ0n) is 19.7. The van der Waals surface area contributed by atoms with Crippen LogP contribution in [0.5, 0.6) is 17.2 Å². The van der Waals surface area contributed by atoms with Gasteiger partial charge in [0.25, 0.3) is 5.91 Å². The van der Waals surface area contributed by atoms with Gasteiger partial charge in [-0.2, -0.15) is 0 Å². The largest absolute Gasteiger partial charge is 0.493 e. The van der Waals surface area contributed by atoms with Crippen molar-refractivity contribution in [3.8, 4) is 17.2 Å². The van der Waals surface area contributed by atoms with Crippen molar-refractivity contribution in [1.82, 2.24) is 10.2 Å². The average Bonchev–Trinajstić information content (AvgIpc) is 3.46. The summed E-state index contributed by atoms with van der Waals surface area (Å²) in [4.78, 5) is 27.3. The SMILES string of the molecule is COc1cc(C(=O)Nc2nnc(C3CC(=O)N(c4ccc(C)c(C)c4)C3)s2)cc(OC)c1OC. The molecule has 0 aliphatic carbocycles. The molecule has 1 aliphatic rings. The molecule has 0 bridgehead atoms. The van der Waals surface area contributed by atoms with Crippen LogP contribution in [0.1, 0.15) is 38.8 Å². The molecule has 1 saturated heterocycles. The molecule has 0 saturated carbocycles. The number of hydrogen-bond donors (Lipinski definition) is 1. The molecule has 1 N–H and O–H groups in total. The first-order valence-corrected chi connectivity index (χ1v) is 11.5. The standard InChI is InChI=1S/C24H26N4O5S/c1-13-6-7-17(8-14(13)2)28-12-16(11-20(28)29)23-26-27-24(34-23)25-22(30)15-9-18(31-3)21(33-5)19(10-15)32-4/h6-10,16H,11-12H2,1-5H3,(H,25,27,30). The molecule has 3 aromatic rings. The van der Waals surface area contributed by atoms with E-state index in [-0.39, 0.29) is 17.7 Å². The predicted molar refractivity (Wildman–Crippen MR) is 130 cm³/mol. The number of ether oxygens (including phenoxy) is 3. The molecule has 0 spiro atoms. The van der Waals surface area contributed by atoms with Crippen LogP contribution in [0, 0.1) is 13.8 Å². The van der Waals surface area contributed by atoms with Gasteiger partial charge in [-0.25, -0.2) is 0 Å². The lowest BCUT2D eigenvalue weighted by Gasteiger charge is -2.17. The summed E-state index contributed by atoms with van der Waals surface area (Å²) in [6, 6.07) is 9.14. The molecule has 34 heavy (non-hydrogen) atoms. The van der Waals surface area contributed by atoms with E-state index in [1.165, 1.54) is 38.2 Å². The van der Waals surface area contributed by atoms with Crippen LogP contribution < -0.4 is 24.4 Å². The van der Waals surface area contributed by atoms with E-state index in [4.69, 9.17) is 14.2 Å². The Morgan fingerprint density at radius 1 is 1.03 bits per heavy atom. The van der Waals surface area contributed by atoms with Crippen LogP contribution in [0.2, 0.25) is 0 Å². The Morgan fingerprint density at radius 3 is 2.35 bits per heavy atom. The second-order valence-corrected chi connectivity index (χ2v) is 9.00. The van der Waals surface area contributed by atoms with Crippen molar-refractivity contribution in [2.75, 3.05) is 38.1 Å². The first-order valence-electron chi connectivity index (χ1n) is 10.7. The summed E-state index contributed by atoms with van der Waals surface area (Å²) in [5, 5.41) is 12.2. The highest BCUT2D eigenvalue weighted by atomic mass is 32.1. The number of anilines is 2. The van der Waals surface area contributed by atoms with Crippen LogP contribution in [0.15, 0.2) is 30.3 Å². The maximum absolute atomic E-state index is 12.8. The number of rotatable bonds is 7. The molecular weight excluding hydrogens is 456 g/mol. The summed E-state index contributed by atoms with van der Waals surface area (Å²) in [6.07, 6.45) is 0.350. The molecule has 1 unspecified atom stereocenters. The molecule has 1 aliphatic heterocycles. The molecule has 9 nitrogen and oxygen atoms in total. The number of aryl methyl sites for hydroxylation is 2. The quantitative estimate of drug-likeness (QED) is 0.544. The van der Waals surface area contributed by atoms with Gasteiger partial charge in [0.05, 0.1) is 21.3 Å². The van der Waals surface area contributed by atoms with E-state index in [1.807, 2.05) is 32.0 Å². The Labute approximate surface area is 201 Å². The number of hydrogen-bond acceptors (Lipinski definition) is 8. The lowest BCUT2D eigenvalue weighted by Crippen LogP contribution is -2.24. The van der Waals surface area contributed by atoms with E-state index in [0.29, 0.717) is 45.9 Å². The Hall–Kier alpha value is -3.66. The Bertz CT molecular complexity index is 1220. The number of benzene rings is 2. The second-order valence-electron chi connectivity index (χ2n) is 7.99. The minimum Gasteiger partial charge on any atom is -0.493 e. The Balaban J connectivity index is 1.48. The molecule has 2 amide bonds. The van der Waals surface area contributed by atoms with Crippen molar-refractivity contribution in [3.63, 3.8) is 0 Å². The van der Waals surface area contributed by atoms with Crippen molar-refractivity contribution >= 4 is 34.0 Å². The topological polar surface area (TPSA) is 103 Å². The van der Waals surface area contributed by atoms with Gasteiger partial charge in [0, 0.05) is 30.1 Å². The Morgan fingerprint density at radius 2 is 1.74 bits per heavy atom. The molecule has 2 aromatic carbocycles. The van der Waals surface area contributed by atoms with Crippen LogP contribution in [0.4, 0.5) is 10.8 Å². The van der Waals surface area contributed by atoms with Crippen molar-refractivity contribution < 1.29 is 23.8 Å². The molecule has 1 atom stereocenters. The molecule has 1 fully saturated rings. The zero-order chi connectivity index (χ0) is 24.4. The number of carbonyl (C=O) groups is 2. The highest BCUT2D eigenvalue weighted by Crippen LogP contribution is 2.39. The first kappa shape index (κ1) is 23.5. The number of amides is 2. The van der Waals surface area contributed by atoms with E-state index in [2.05, 4.69) is 15.5 Å². The normalized spacial score (nSPS) is 15.4. The third-order valence-corrected chi connectivity index (χ3v) is 6.87. The van der Waals surface area contributed by atoms with Gasteiger partial charge in [-0.05, 0) is 49.2 Å². The highest BCUT2D eigenvalue weighted by molar-refractivity contribution is 7.15. The zero-order valence-corrected chi connectivity index (χ0v) is 20.5. The van der Waals surface area contributed by atoms with Gasteiger partial charge in [0.15, 0.2) is 11.5 Å². The summed E-state index contributed by atoms with van der Waals surface area (Å²) < 4.78 is 15.9. The maximum Gasteiger partial charge on any atom is 0.257 e. The molecular formula is C24H26N4O5S. The second kappa shape index (κ2) is 9.68. The lowest BCUT2D eigenvalue weighted by molar-refractivity contribution is -0.117. The van der Waals surface area contributed by atoms with Crippen LogP contribution in [0.3, 0.4) is 0 Å². The van der Waals surface area contributed by atoms with Gasteiger partial charge >= 0.3 is 0 Å². The summed E-state index contributed by atoms with van der Waals surface area (Å²) in [5.41, 5.74) is 3.53. The Kier molecular flexibility index (Phi) is 6.69. The summed E-state index contributed by atoms with van der Waals surface area (Å²) in [7, 11) is 4.47. The number of nitrogens with one attached hydrogen (secondary N) is 1. The van der Waals surface area contributed by atoms with E-state index >= 15 is 0 Å². The monoisotopic (exact) mass is 482 g/mol.